The molecule has 1 unspecified atom stereocenters. The zero-order chi connectivity index (χ0) is 15.4. The molecule has 2 aromatic rings. The first-order valence-corrected chi connectivity index (χ1v) is 7.60. The highest BCUT2D eigenvalue weighted by Gasteiger charge is 2.21. The molecule has 0 aliphatic rings. The van der Waals surface area contributed by atoms with Gasteiger partial charge in [-0.05, 0) is 53.2 Å². The molecule has 112 valence electrons. The highest BCUT2D eigenvalue weighted by atomic mass is 79.9. The fourth-order valence-corrected chi connectivity index (χ4v) is 2.49. The average molecular weight is 355 g/mol. The van der Waals surface area contributed by atoms with Crippen LogP contribution < -0.4 is 5.32 Å². The number of hydrogen-bond donors (Lipinski definition) is 1. The Balaban J connectivity index is 2.35. The SMILES string of the molecule is CCNC(Cc1ccc(Br)cn1)c1c(F)ccc(C)c1F. The zero-order valence-electron chi connectivity index (χ0n) is 12.0. The molecule has 0 bridgehead atoms. The molecular formula is C16H17BrF2N2. The van der Waals surface area contributed by atoms with Crippen LogP contribution in [-0.4, -0.2) is 11.5 Å². The van der Waals surface area contributed by atoms with Crippen molar-refractivity contribution in [3.8, 4) is 0 Å². The average Bonchev–Trinajstić information content (AvgIpc) is 2.46. The summed E-state index contributed by atoms with van der Waals surface area (Å²) in [5.74, 6) is -1.01. The van der Waals surface area contributed by atoms with E-state index in [1.165, 1.54) is 12.1 Å². The predicted octanol–water partition coefficient (Wildman–Crippen LogP) is 4.32. The molecule has 0 aliphatic heterocycles. The monoisotopic (exact) mass is 354 g/mol. The van der Waals surface area contributed by atoms with Gasteiger partial charge in [-0.2, -0.15) is 0 Å². The number of pyridine rings is 1. The lowest BCUT2D eigenvalue weighted by Crippen LogP contribution is -2.25. The standard InChI is InChI=1S/C16H17BrF2N2/c1-3-20-14(8-12-6-5-11(17)9-21-12)15-13(18)7-4-10(2)16(15)19/h4-7,9,14,20H,3,8H2,1-2H3. The summed E-state index contributed by atoms with van der Waals surface area (Å²) in [6, 6.07) is 6.04. The number of halogens is 3. The van der Waals surface area contributed by atoms with Gasteiger partial charge in [0.1, 0.15) is 11.6 Å². The molecule has 1 N–H and O–H groups in total. The van der Waals surface area contributed by atoms with E-state index in [0.29, 0.717) is 18.5 Å². The first-order valence-electron chi connectivity index (χ1n) is 6.81. The third kappa shape index (κ3) is 3.86. The molecule has 1 aromatic heterocycles. The van der Waals surface area contributed by atoms with Gasteiger partial charge in [0.05, 0.1) is 0 Å². The normalized spacial score (nSPS) is 12.4. The lowest BCUT2D eigenvalue weighted by molar-refractivity contribution is 0.467. The van der Waals surface area contributed by atoms with E-state index < -0.39 is 17.7 Å². The van der Waals surface area contributed by atoms with Crippen molar-refractivity contribution in [3.05, 3.63) is 63.4 Å². The fourth-order valence-electron chi connectivity index (χ4n) is 2.26. The van der Waals surface area contributed by atoms with Gasteiger partial charge in [-0.1, -0.05) is 13.0 Å². The molecule has 0 fully saturated rings. The Morgan fingerprint density at radius 1 is 1.24 bits per heavy atom. The molecule has 2 nitrogen and oxygen atoms in total. The van der Waals surface area contributed by atoms with Gasteiger partial charge < -0.3 is 5.32 Å². The molecule has 0 amide bonds. The topological polar surface area (TPSA) is 24.9 Å². The smallest absolute Gasteiger partial charge is 0.133 e. The van der Waals surface area contributed by atoms with E-state index in [1.54, 1.807) is 13.1 Å². The summed E-state index contributed by atoms with van der Waals surface area (Å²) in [4.78, 5) is 4.28. The van der Waals surface area contributed by atoms with Gasteiger partial charge in [-0.15, -0.1) is 0 Å². The molecule has 0 aliphatic carbocycles. The summed E-state index contributed by atoms with van der Waals surface area (Å²) >= 11 is 3.32. The van der Waals surface area contributed by atoms with E-state index in [4.69, 9.17) is 0 Å². The van der Waals surface area contributed by atoms with Gasteiger partial charge in [-0.3, -0.25) is 4.98 Å². The maximum absolute atomic E-state index is 14.3. The van der Waals surface area contributed by atoms with Crippen molar-refractivity contribution in [3.63, 3.8) is 0 Å². The highest BCUT2D eigenvalue weighted by Crippen LogP contribution is 2.26. The van der Waals surface area contributed by atoms with Crippen LogP contribution in [0, 0.1) is 18.6 Å². The second-order valence-electron chi connectivity index (χ2n) is 4.87. The zero-order valence-corrected chi connectivity index (χ0v) is 13.5. The largest absolute Gasteiger partial charge is 0.310 e. The minimum atomic E-state index is -0.527. The van der Waals surface area contributed by atoms with Crippen LogP contribution in [0.5, 0.6) is 0 Å². The molecule has 21 heavy (non-hydrogen) atoms. The van der Waals surface area contributed by atoms with Crippen molar-refractivity contribution in [1.29, 1.82) is 0 Å². The maximum atomic E-state index is 14.3. The number of likely N-dealkylation sites (N-methyl/N-ethyl adjacent to an activating group) is 1. The van der Waals surface area contributed by atoms with Crippen LogP contribution in [0.4, 0.5) is 8.78 Å². The van der Waals surface area contributed by atoms with Crippen molar-refractivity contribution in [2.75, 3.05) is 6.54 Å². The van der Waals surface area contributed by atoms with E-state index >= 15 is 0 Å². The Hall–Kier alpha value is -1.33. The number of benzene rings is 1. The van der Waals surface area contributed by atoms with Crippen LogP contribution in [0.25, 0.3) is 0 Å². The van der Waals surface area contributed by atoms with Gasteiger partial charge in [0.25, 0.3) is 0 Å². The fraction of sp³-hybridized carbons (Fsp3) is 0.312. The number of aromatic nitrogens is 1. The van der Waals surface area contributed by atoms with Crippen molar-refractivity contribution < 1.29 is 8.78 Å². The third-order valence-corrected chi connectivity index (χ3v) is 3.79. The summed E-state index contributed by atoms with van der Waals surface area (Å²) in [6.45, 7) is 4.17. The molecule has 0 spiro atoms. The molecular weight excluding hydrogens is 338 g/mol. The van der Waals surface area contributed by atoms with E-state index in [2.05, 4.69) is 26.2 Å². The Kier molecular flexibility index (Phi) is 5.42. The minimum absolute atomic E-state index is 0.0848. The number of nitrogens with one attached hydrogen (secondary N) is 1. The first-order chi connectivity index (χ1) is 10.0. The van der Waals surface area contributed by atoms with Crippen molar-refractivity contribution in [1.82, 2.24) is 10.3 Å². The quantitative estimate of drug-likeness (QED) is 0.864. The molecule has 2 rings (SSSR count). The summed E-state index contributed by atoms with van der Waals surface area (Å²) in [7, 11) is 0. The molecule has 1 heterocycles. The molecule has 5 heteroatoms. The Bertz CT molecular complexity index is 614. The summed E-state index contributed by atoms with van der Waals surface area (Å²) in [5.41, 5.74) is 1.31. The molecule has 1 atom stereocenters. The van der Waals surface area contributed by atoms with Crippen LogP contribution in [-0.2, 0) is 6.42 Å². The molecule has 1 aromatic carbocycles. The predicted molar refractivity (Wildman–Crippen MR) is 83.2 cm³/mol. The molecule has 0 saturated heterocycles. The number of hydrogen-bond acceptors (Lipinski definition) is 2. The van der Waals surface area contributed by atoms with Gasteiger partial charge in [0.2, 0.25) is 0 Å². The molecule has 0 saturated carbocycles. The van der Waals surface area contributed by atoms with Crippen LogP contribution in [0.3, 0.4) is 0 Å². The van der Waals surface area contributed by atoms with Crippen molar-refractivity contribution in [2.24, 2.45) is 0 Å². The van der Waals surface area contributed by atoms with Gasteiger partial charge in [-0.25, -0.2) is 8.78 Å². The second kappa shape index (κ2) is 7.09. The van der Waals surface area contributed by atoms with Gasteiger partial charge in [0, 0.05) is 34.4 Å². The lowest BCUT2D eigenvalue weighted by atomic mass is 9.98. The van der Waals surface area contributed by atoms with Crippen LogP contribution in [0.1, 0.15) is 29.8 Å². The Morgan fingerprint density at radius 2 is 2.00 bits per heavy atom. The van der Waals surface area contributed by atoms with Crippen LogP contribution in [0.2, 0.25) is 0 Å². The minimum Gasteiger partial charge on any atom is -0.310 e. The van der Waals surface area contributed by atoms with Gasteiger partial charge >= 0.3 is 0 Å². The van der Waals surface area contributed by atoms with Crippen LogP contribution >= 0.6 is 15.9 Å². The summed E-state index contributed by atoms with van der Waals surface area (Å²) < 4.78 is 29.2. The second-order valence-corrected chi connectivity index (χ2v) is 5.79. The van der Waals surface area contributed by atoms with E-state index in [1.807, 2.05) is 19.1 Å². The van der Waals surface area contributed by atoms with E-state index in [-0.39, 0.29) is 5.56 Å². The number of aryl methyl sites for hydroxylation is 1. The van der Waals surface area contributed by atoms with Crippen molar-refractivity contribution in [2.45, 2.75) is 26.3 Å². The maximum Gasteiger partial charge on any atom is 0.133 e. The van der Waals surface area contributed by atoms with E-state index in [0.717, 1.165) is 10.2 Å². The third-order valence-electron chi connectivity index (χ3n) is 3.32. The van der Waals surface area contributed by atoms with Crippen LogP contribution in [0.15, 0.2) is 34.9 Å². The summed E-state index contributed by atoms with van der Waals surface area (Å²) in [5, 5.41) is 3.14. The molecule has 0 radical (unpaired) electrons. The Labute approximate surface area is 131 Å². The van der Waals surface area contributed by atoms with Gasteiger partial charge in [0.15, 0.2) is 0 Å². The highest BCUT2D eigenvalue weighted by molar-refractivity contribution is 9.10. The number of nitrogens with zero attached hydrogens (tertiary/aromatic N) is 1. The Morgan fingerprint density at radius 3 is 2.62 bits per heavy atom. The summed E-state index contributed by atoms with van der Waals surface area (Å²) in [6.07, 6.45) is 2.11. The van der Waals surface area contributed by atoms with E-state index in [9.17, 15) is 8.78 Å². The number of rotatable bonds is 5. The lowest BCUT2D eigenvalue weighted by Gasteiger charge is -2.20. The van der Waals surface area contributed by atoms with Crippen molar-refractivity contribution >= 4 is 15.9 Å². The first kappa shape index (κ1) is 16.0.